The number of aromatic nitrogens is 1. The highest BCUT2D eigenvalue weighted by molar-refractivity contribution is 5.40. The summed E-state index contributed by atoms with van der Waals surface area (Å²) in [6.45, 7) is 0.428. The predicted molar refractivity (Wildman–Crippen MR) is 69.4 cm³/mol. The van der Waals surface area contributed by atoms with E-state index in [0.717, 1.165) is 5.56 Å². The molecule has 0 radical (unpaired) electrons. The second-order valence-electron chi connectivity index (χ2n) is 3.63. The summed E-state index contributed by atoms with van der Waals surface area (Å²) in [5, 5.41) is 0. The van der Waals surface area contributed by atoms with Crippen LogP contribution in [0.3, 0.4) is 0 Å². The molecule has 0 aliphatic heterocycles. The van der Waals surface area contributed by atoms with Crippen molar-refractivity contribution in [1.29, 1.82) is 0 Å². The minimum atomic E-state index is 0.428. The number of nitrogens with two attached hydrogens (primary N) is 1. The van der Waals surface area contributed by atoms with Crippen LogP contribution in [0.25, 0.3) is 0 Å². The first-order chi connectivity index (χ1) is 8.83. The normalized spacial score (nSPS) is 9.89. The van der Waals surface area contributed by atoms with Crippen LogP contribution in [0.1, 0.15) is 5.56 Å². The van der Waals surface area contributed by atoms with Gasteiger partial charge in [-0.1, -0.05) is 12.1 Å². The van der Waals surface area contributed by atoms with E-state index < -0.39 is 0 Å². The third kappa shape index (κ3) is 2.89. The molecule has 5 nitrogen and oxygen atoms in total. The largest absolute Gasteiger partial charge is 0.493 e. The van der Waals surface area contributed by atoms with Crippen LogP contribution in [0.15, 0.2) is 42.6 Å². The summed E-state index contributed by atoms with van der Waals surface area (Å²) in [4.78, 5) is 4.03. The fraction of sp³-hybridized carbons (Fsp3) is 0.154. The number of hydrazine groups is 1. The first-order valence-corrected chi connectivity index (χ1v) is 5.51. The van der Waals surface area contributed by atoms with Gasteiger partial charge in [0, 0.05) is 6.20 Å². The summed E-state index contributed by atoms with van der Waals surface area (Å²) >= 11 is 0. The molecule has 1 aromatic heterocycles. The van der Waals surface area contributed by atoms with Crippen LogP contribution in [0.2, 0.25) is 0 Å². The molecule has 0 atom stereocenters. The zero-order chi connectivity index (χ0) is 12.8. The Hall–Kier alpha value is -2.27. The number of methoxy groups -OCH3 is 1. The summed E-state index contributed by atoms with van der Waals surface area (Å²) in [5.41, 5.74) is 3.47. The van der Waals surface area contributed by atoms with E-state index in [1.165, 1.54) is 0 Å². The van der Waals surface area contributed by atoms with Gasteiger partial charge in [0.1, 0.15) is 12.4 Å². The van der Waals surface area contributed by atoms with Crippen molar-refractivity contribution in [3.05, 3.63) is 48.2 Å². The summed E-state index contributed by atoms with van der Waals surface area (Å²) < 4.78 is 10.9. The van der Waals surface area contributed by atoms with Crippen LogP contribution in [-0.4, -0.2) is 12.1 Å². The molecular formula is C13H15N3O2. The average Bonchev–Trinajstić information content (AvgIpc) is 2.45. The summed E-state index contributed by atoms with van der Waals surface area (Å²) in [7, 11) is 1.62. The van der Waals surface area contributed by atoms with Crippen LogP contribution in [0.5, 0.6) is 11.5 Å². The third-order valence-corrected chi connectivity index (χ3v) is 2.44. The van der Waals surface area contributed by atoms with E-state index in [1.807, 2.05) is 36.4 Å². The van der Waals surface area contributed by atoms with Crippen LogP contribution in [0.4, 0.5) is 5.82 Å². The van der Waals surface area contributed by atoms with Crippen molar-refractivity contribution >= 4 is 5.82 Å². The van der Waals surface area contributed by atoms with Gasteiger partial charge in [-0.2, -0.15) is 0 Å². The Balaban J connectivity index is 2.06. The number of anilines is 1. The van der Waals surface area contributed by atoms with Gasteiger partial charge >= 0.3 is 0 Å². The second kappa shape index (κ2) is 5.88. The van der Waals surface area contributed by atoms with Gasteiger partial charge in [-0.3, -0.25) is 0 Å². The molecule has 0 aliphatic carbocycles. The number of hydrogen-bond donors (Lipinski definition) is 2. The number of ether oxygens (including phenoxy) is 2. The number of benzene rings is 1. The number of hydrogen-bond acceptors (Lipinski definition) is 5. The molecule has 0 fully saturated rings. The van der Waals surface area contributed by atoms with Crippen LogP contribution in [0, 0.1) is 0 Å². The molecule has 2 aromatic rings. The fourth-order valence-corrected chi connectivity index (χ4v) is 1.54. The van der Waals surface area contributed by atoms with E-state index in [4.69, 9.17) is 15.3 Å². The lowest BCUT2D eigenvalue weighted by Crippen LogP contribution is -2.09. The number of rotatable bonds is 5. The lowest BCUT2D eigenvalue weighted by Gasteiger charge is -2.10. The number of pyridine rings is 1. The topological polar surface area (TPSA) is 69.4 Å². The number of nitrogens with one attached hydrogen (secondary N) is 1. The maximum atomic E-state index is 5.69. The smallest absolute Gasteiger partial charge is 0.161 e. The van der Waals surface area contributed by atoms with E-state index in [1.54, 1.807) is 13.3 Å². The van der Waals surface area contributed by atoms with Crippen LogP contribution < -0.4 is 20.7 Å². The standard InChI is InChI=1S/C13H15N3O2/c1-17-11-4-2-3-5-12(11)18-9-10-6-7-15-13(8-10)16-14/h2-8H,9,14H2,1H3,(H,15,16). The molecule has 1 aromatic carbocycles. The van der Waals surface area contributed by atoms with E-state index in [0.29, 0.717) is 23.9 Å². The zero-order valence-electron chi connectivity index (χ0n) is 10.1. The second-order valence-corrected chi connectivity index (χ2v) is 3.63. The first kappa shape index (κ1) is 12.2. The molecule has 1 heterocycles. The van der Waals surface area contributed by atoms with Crippen molar-refractivity contribution in [2.24, 2.45) is 5.84 Å². The van der Waals surface area contributed by atoms with Crippen molar-refractivity contribution in [2.45, 2.75) is 6.61 Å². The van der Waals surface area contributed by atoms with Crippen molar-refractivity contribution in [3.63, 3.8) is 0 Å². The number of nitrogens with zero attached hydrogens (tertiary/aromatic N) is 1. The summed E-state index contributed by atoms with van der Waals surface area (Å²) in [6, 6.07) is 11.2. The molecule has 0 saturated carbocycles. The Kier molecular flexibility index (Phi) is 3.98. The lowest BCUT2D eigenvalue weighted by atomic mass is 10.2. The Labute approximate surface area is 106 Å². The SMILES string of the molecule is COc1ccccc1OCc1ccnc(NN)c1. The number of nitrogen functional groups attached to an aromatic ring is 1. The average molecular weight is 245 g/mol. The quantitative estimate of drug-likeness (QED) is 0.622. The fourth-order valence-electron chi connectivity index (χ4n) is 1.54. The molecule has 0 aliphatic rings. The molecule has 0 unspecified atom stereocenters. The van der Waals surface area contributed by atoms with Gasteiger partial charge in [0.15, 0.2) is 11.5 Å². The lowest BCUT2D eigenvalue weighted by molar-refractivity contribution is 0.284. The van der Waals surface area contributed by atoms with Gasteiger partial charge in [-0.05, 0) is 29.8 Å². The molecule has 5 heteroatoms. The Morgan fingerprint density at radius 1 is 1.22 bits per heavy atom. The Morgan fingerprint density at radius 3 is 2.72 bits per heavy atom. The van der Waals surface area contributed by atoms with Crippen molar-refractivity contribution < 1.29 is 9.47 Å². The molecule has 3 N–H and O–H groups in total. The number of para-hydroxylation sites is 2. The van der Waals surface area contributed by atoms with Gasteiger partial charge in [0.25, 0.3) is 0 Å². The molecule has 18 heavy (non-hydrogen) atoms. The Bertz CT molecular complexity index is 517. The maximum Gasteiger partial charge on any atom is 0.161 e. The highest BCUT2D eigenvalue weighted by Gasteiger charge is 2.03. The minimum Gasteiger partial charge on any atom is -0.493 e. The van der Waals surface area contributed by atoms with Gasteiger partial charge in [-0.25, -0.2) is 10.8 Å². The van der Waals surface area contributed by atoms with Gasteiger partial charge < -0.3 is 14.9 Å². The third-order valence-electron chi connectivity index (χ3n) is 2.44. The Morgan fingerprint density at radius 2 is 2.00 bits per heavy atom. The van der Waals surface area contributed by atoms with Crippen molar-refractivity contribution in [2.75, 3.05) is 12.5 Å². The molecule has 94 valence electrons. The first-order valence-electron chi connectivity index (χ1n) is 5.51. The predicted octanol–water partition coefficient (Wildman–Crippen LogP) is 1.95. The van der Waals surface area contributed by atoms with E-state index >= 15 is 0 Å². The summed E-state index contributed by atoms with van der Waals surface area (Å²) in [6.07, 6.45) is 1.68. The van der Waals surface area contributed by atoms with Crippen molar-refractivity contribution in [1.82, 2.24) is 4.98 Å². The molecule has 0 amide bonds. The van der Waals surface area contributed by atoms with E-state index in [-0.39, 0.29) is 0 Å². The minimum absolute atomic E-state index is 0.428. The molecule has 2 rings (SSSR count). The molecule has 0 saturated heterocycles. The van der Waals surface area contributed by atoms with E-state index in [9.17, 15) is 0 Å². The van der Waals surface area contributed by atoms with Gasteiger partial charge in [-0.15, -0.1) is 0 Å². The van der Waals surface area contributed by atoms with Crippen LogP contribution >= 0.6 is 0 Å². The molecule has 0 bridgehead atoms. The van der Waals surface area contributed by atoms with Gasteiger partial charge in [0.05, 0.1) is 7.11 Å². The monoisotopic (exact) mass is 245 g/mol. The maximum absolute atomic E-state index is 5.69. The molecule has 0 spiro atoms. The van der Waals surface area contributed by atoms with E-state index in [2.05, 4.69) is 10.4 Å². The zero-order valence-corrected chi connectivity index (χ0v) is 10.1. The van der Waals surface area contributed by atoms with Crippen molar-refractivity contribution in [3.8, 4) is 11.5 Å². The highest BCUT2D eigenvalue weighted by atomic mass is 16.5. The molecular weight excluding hydrogens is 230 g/mol. The van der Waals surface area contributed by atoms with Gasteiger partial charge in [0.2, 0.25) is 0 Å². The summed E-state index contributed by atoms with van der Waals surface area (Å²) in [5.74, 6) is 7.33. The highest BCUT2D eigenvalue weighted by Crippen LogP contribution is 2.26. The van der Waals surface area contributed by atoms with Crippen LogP contribution in [-0.2, 0) is 6.61 Å².